The fourth-order valence-corrected chi connectivity index (χ4v) is 3.18. The number of amides is 2. The summed E-state index contributed by atoms with van der Waals surface area (Å²) >= 11 is 6.08. The summed E-state index contributed by atoms with van der Waals surface area (Å²) in [6, 6.07) is 7.11. The van der Waals surface area contributed by atoms with Crippen LogP contribution in [0.25, 0.3) is 0 Å². The lowest BCUT2D eigenvalue weighted by atomic mass is 10.1. The summed E-state index contributed by atoms with van der Waals surface area (Å²) in [5.41, 5.74) is -0.269. The van der Waals surface area contributed by atoms with Crippen LogP contribution in [0, 0.1) is 10.1 Å². The minimum atomic E-state index is -3.77. The molecule has 0 atom stereocenters. The second-order valence-electron chi connectivity index (χ2n) is 6.09. The zero-order valence-corrected chi connectivity index (χ0v) is 16.7. The molecular weight excluding hydrogens is 410 g/mol. The predicted octanol–water partition coefficient (Wildman–Crippen LogP) is 2.61. The molecule has 2 rings (SSSR count). The number of carbonyl (C=O) groups is 2. The lowest BCUT2D eigenvalue weighted by Gasteiger charge is -2.13. The van der Waals surface area contributed by atoms with Gasteiger partial charge < -0.3 is 10.2 Å². The van der Waals surface area contributed by atoms with Crippen molar-refractivity contribution in [1.82, 2.24) is 4.90 Å². The molecule has 0 saturated carbocycles. The molecule has 0 aliphatic rings. The van der Waals surface area contributed by atoms with Gasteiger partial charge in [-0.15, -0.1) is 0 Å². The molecule has 0 fully saturated rings. The summed E-state index contributed by atoms with van der Waals surface area (Å²) < 4.78 is 23.5. The highest BCUT2D eigenvalue weighted by Crippen LogP contribution is 2.24. The number of anilines is 1. The van der Waals surface area contributed by atoms with E-state index in [1.165, 1.54) is 23.1 Å². The van der Waals surface area contributed by atoms with E-state index < -0.39 is 26.4 Å². The monoisotopic (exact) mass is 425 g/mol. The van der Waals surface area contributed by atoms with Crippen molar-refractivity contribution in [3.63, 3.8) is 0 Å². The lowest BCUT2D eigenvalue weighted by molar-refractivity contribution is -0.385. The summed E-state index contributed by atoms with van der Waals surface area (Å²) in [4.78, 5) is 35.7. The summed E-state index contributed by atoms with van der Waals surface area (Å²) in [5, 5.41) is 13.6. The van der Waals surface area contributed by atoms with Crippen molar-refractivity contribution in [3.05, 3.63) is 62.7 Å². The third kappa shape index (κ3) is 4.84. The Morgan fingerprint density at radius 2 is 1.79 bits per heavy atom. The van der Waals surface area contributed by atoms with Crippen LogP contribution < -0.4 is 5.32 Å². The molecule has 2 amide bonds. The summed E-state index contributed by atoms with van der Waals surface area (Å²) in [6.45, 7) is 0. The number of hydrogen-bond donors (Lipinski definition) is 1. The predicted molar refractivity (Wildman–Crippen MR) is 104 cm³/mol. The van der Waals surface area contributed by atoms with Crippen LogP contribution in [0.5, 0.6) is 0 Å². The minimum absolute atomic E-state index is 0.104. The van der Waals surface area contributed by atoms with Crippen molar-refractivity contribution in [1.29, 1.82) is 0 Å². The van der Waals surface area contributed by atoms with E-state index in [4.69, 9.17) is 11.6 Å². The molecule has 2 aromatic rings. The summed E-state index contributed by atoms with van der Waals surface area (Å²) in [7, 11) is -0.634. The van der Waals surface area contributed by atoms with Gasteiger partial charge in [-0.3, -0.25) is 19.7 Å². The number of nitro groups is 1. The number of non-ortho nitro benzene ring substituents is 1. The Balaban J connectivity index is 2.37. The quantitative estimate of drug-likeness (QED) is 0.579. The van der Waals surface area contributed by atoms with Crippen LogP contribution in [0.4, 0.5) is 11.4 Å². The Kier molecular flexibility index (Phi) is 6.05. The highest BCUT2D eigenvalue weighted by Gasteiger charge is 2.20. The second kappa shape index (κ2) is 7.95. The van der Waals surface area contributed by atoms with Crippen LogP contribution in [0.3, 0.4) is 0 Å². The van der Waals surface area contributed by atoms with E-state index >= 15 is 0 Å². The third-order valence-corrected chi connectivity index (χ3v) is 5.06. The van der Waals surface area contributed by atoms with Crippen molar-refractivity contribution in [2.45, 2.75) is 4.90 Å². The van der Waals surface area contributed by atoms with Crippen LogP contribution in [0.1, 0.15) is 20.7 Å². The number of nitro benzene ring substituents is 1. The number of nitrogens with one attached hydrogen (secondary N) is 1. The Hall–Kier alpha value is -2.98. The maximum absolute atomic E-state index is 12.5. The zero-order chi connectivity index (χ0) is 21.2. The number of benzene rings is 2. The standard InChI is InChI=1S/C17H16ClN3O6S/c1-20(2)17(23)14-5-4-11(8-15(14)18)19-16(22)10-6-12(21(24)25)9-13(7-10)28(3,26)27/h4-9H,1-3H3,(H,19,22). The Labute approximate surface area is 166 Å². The van der Waals surface area contributed by atoms with Crippen LogP contribution in [0.2, 0.25) is 5.02 Å². The van der Waals surface area contributed by atoms with Crippen LogP contribution in [-0.4, -0.2) is 50.4 Å². The van der Waals surface area contributed by atoms with Gasteiger partial charge in [-0.25, -0.2) is 8.42 Å². The van der Waals surface area contributed by atoms with Gasteiger partial charge in [0.2, 0.25) is 0 Å². The molecule has 28 heavy (non-hydrogen) atoms. The Bertz CT molecular complexity index is 1080. The fourth-order valence-electron chi connectivity index (χ4n) is 2.24. The van der Waals surface area contributed by atoms with E-state index in [9.17, 15) is 28.1 Å². The fraction of sp³-hybridized carbons (Fsp3) is 0.176. The Morgan fingerprint density at radius 1 is 1.14 bits per heavy atom. The third-order valence-electron chi connectivity index (χ3n) is 3.66. The van der Waals surface area contributed by atoms with E-state index in [2.05, 4.69) is 5.32 Å². The summed E-state index contributed by atoms with van der Waals surface area (Å²) in [6.07, 6.45) is 0.883. The van der Waals surface area contributed by atoms with Gasteiger partial charge in [0.1, 0.15) is 0 Å². The van der Waals surface area contributed by atoms with Crippen molar-refractivity contribution in [3.8, 4) is 0 Å². The molecule has 0 unspecified atom stereocenters. The molecule has 0 aliphatic heterocycles. The topological polar surface area (TPSA) is 127 Å². The van der Waals surface area contributed by atoms with Gasteiger partial charge in [-0.05, 0) is 24.3 Å². The zero-order valence-electron chi connectivity index (χ0n) is 15.1. The maximum Gasteiger partial charge on any atom is 0.271 e. The molecule has 0 heterocycles. The molecule has 9 nitrogen and oxygen atoms in total. The molecule has 0 radical (unpaired) electrons. The first kappa shape index (κ1) is 21.3. The van der Waals surface area contributed by atoms with Crippen molar-refractivity contribution in [2.24, 2.45) is 0 Å². The molecule has 1 N–H and O–H groups in total. The minimum Gasteiger partial charge on any atom is -0.345 e. The van der Waals surface area contributed by atoms with E-state index in [1.807, 2.05) is 0 Å². The number of nitrogens with zero attached hydrogens (tertiary/aromatic N) is 2. The van der Waals surface area contributed by atoms with Crippen LogP contribution in [0.15, 0.2) is 41.3 Å². The van der Waals surface area contributed by atoms with Gasteiger partial charge in [-0.2, -0.15) is 0 Å². The van der Waals surface area contributed by atoms with Crippen LogP contribution >= 0.6 is 11.6 Å². The summed E-state index contributed by atoms with van der Waals surface area (Å²) in [5.74, 6) is -1.09. The van der Waals surface area contributed by atoms with E-state index in [0.717, 1.165) is 24.5 Å². The average Bonchev–Trinajstić information content (AvgIpc) is 2.60. The second-order valence-corrected chi connectivity index (χ2v) is 8.52. The van der Waals surface area contributed by atoms with Crippen molar-refractivity contribution < 1.29 is 22.9 Å². The number of hydrogen-bond acceptors (Lipinski definition) is 6. The average molecular weight is 426 g/mol. The van der Waals surface area contributed by atoms with E-state index in [0.29, 0.717) is 0 Å². The molecule has 0 bridgehead atoms. The van der Waals surface area contributed by atoms with Gasteiger partial charge in [0.25, 0.3) is 17.5 Å². The molecule has 0 saturated heterocycles. The largest absolute Gasteiger partial charge is 0.345 e. The van der Waals surface area contributed by atoms with Gasteiger partial charge in [0, 0.05) is 43.7 Å². The molecule has 2 aromatic carbocycles. The molecule has 0 aliphatic carbocycles. The van der Waals surface area contributed by atoms with Gasteiger partial charge in [-0.1, -0.05) is 11.6 Å². The molecule has 0 spiro atoms. The number of sulfone groups is 1. The molecule has 0 aromatic heterocycles. The van der Waals surface area contributed by atoms with Crippen LogP contribution in [-0.2, 0) is 9.84 Å². The van der Waals surface area contributed by atoms with Gasteiger partial charge in [0.05, 0.1) is 20.4 Å². The SMILES string of the molecule is CN(C)C(=O)c1ccc(NC(=O)c2cc([N+](=O)[O-])cc(S(C)(=O)=O)c2)cc1Cl. The first-order valence-electron chi connectivity index (χ1n) is 7.72. The first-order chi connectivity index (χ1) is 12.9. The molecule has 148 valence electrons. The van der Waals surface area contributed by atoms with Crippen molar-refractivity contribution in [2.75, 3.05) is 25.7 Å². The van der Waals surface area contributed by atoms with E-state index in [1.54, 1.807) is 14.1 Å². The smallest absolute Gasteiger partial charge is 0.271 e. The highest BCUT2D eigenvalue weighted by molar-refractivity contribution is 7.90. The first-order valence-corrected chi connectivity index (χ1v) is 9.99. The van der Waals surface area contributed by atoms with Gasteiger partial charge >= 0.3 is 0 Å². The Morgan fingerprint density at radius 3 is 2.29 bits per heavy atom. The van der Waals surface area contributed by atoms with Gasteiger partial charge in [0.15, 0.2) is 9.84 Å². The molecule has 11 heteroatoms. The van der Waals surface area contributed by atoms with Crippen molar-refractivity contribution >= 4 is 44.6 Å². The van der Waals surface area contributed by atoms with E-state index in [-0.39, 0.29) is 32.6 Å². The number of halogens is 1. The normalized spacial score (nSPS) is 11.0. The maximum atomic E-state index is 12.5. The highest BCUT2D eigenvalue weighted by atomic mass is 35.5. The molecular formula is C17H16ClN3O6S. The number of carbonyl (C=O) groups excluding carboxylic acids is 2. The number of rotatable bonds is 5. The lowest BCUT2D eigenvalue weighted by Crippen LogP contribution is -2.22.